The molecular weight excluding hydrogens is 780 g/mol. The summed E-state index contributed by atoms with van der Waals surface area (Å²) in [6.45, 7) is 0. The Hall–Kier alpha value is -1.80. The van der Waals surface area contributed by atoms with Crippen molar-refractivity contribution < 1.29 is 9.47 Å². The van der Waals surface area contributed by atoms with Crippen molar-refractivity contribution in [2.24, 2.45) is 0 Å². The lowest BCUT2D eigenvalue weighted by Gasteiger charge is -2.12. The van der Waals surface area contributed by atoms with E-state index in [1.807, 2.05) is 36.4 Å². The van der Waals surface area contributed by atoms with Crippen LogP contribution in [0, 0.1) is 0 Å². The number of hydrogen-bond acceptors (Lipinski definition) is 7. The molecule has 0 amide bonds. The monoisotopic (exact) mass is 790 g/mol. The van der Waals surface area contributed by atoms with Crippen LogP contribution in [0.25, 0.3) is 21.9 Å². The Labute approximate surface area is 242 Å². The van der Waals surface area contributed by atoms with Gasteiger partial charge in [-0.2, -0.15) is 15.4 Å². The molecular formula is C22H15Br5N6O2. The first-order chi connectivity index (χ1) is 16.8. The van der Waals surface area contributed by atoms with E-state index < -0.39 is 0 Å². The largest absolute Gasteiger partial charge is 0.493 e. The van der Waals surface area contributed by atoms with E-state index in [1.54, 1.807) is 14.2 Å². The molecule has 2 aromatic heterocycles. The zero-order valence-electron chi connectivity index (χ0n) is 18.0. The lowest BCUT2D eigenvalue weighted by molar-refractivity contribution is 0.356. The van der Waals surface area contributed by atoms with Gasteiger partial charge in [-0.3, -0.25) is 0 Å². The van der Waals surface area contributed by atoms with Gasteiger partial charge in [0.15, 0.2) is 11.5 Å². The predicted molar refractivity (Wildman–Crippen MR) is 155 cm³/mol. The van der Waals surface area contributed by atoms with Crippen molar-refractivity contribution in [1.82, 2.24) is 25.4 Å². The Kier molecular flexibility index (Phi) is 8.63. The smallest absolute Gasteiger partial charge is 0.162 e. The molecule has 0 spiro atoms. The highest BCUT2D eigenvalue weighted by molar-refractivity contribution is 9.15. The summed E-state index contributed by atoms with van der Waals surface area (Å²) in [6.07, 6.45) is 1.52. The number of anilines is 2. The van der Waals surface area contributed by atoms with Crippen molar-refractivity contribution in [1.29, 1.82) is 0 Å². The van der Waals surface area contributed by atoms with Crippen molar-refractivity contribution >= 4 is 113 Å². The fourth-order valence-corrected chi connectivity index (χ4v) is 5.78. The van der Waals surface area contributed by atoms with Gasteiger partial charge in [-0.1, -0.05) is 22.0 Å². The van der Waals surface area contributed by atoms with Gasteiger partial charge in [0.1, 0.15) is 23.2 Å². The van der Waals surface area contributed by atoms with Crippen LogP contribution in [0.5, 0.6) is 11.5 Å². The number of methoxy groups -OCH3 is 2. The van der Waals surface area contributed by atoms with E-state index in [2.05, 4.69) is 110 Å². The van der Waals surface area contributed by atoms with Crippen LogP contribution in [-0.2, 0) is 0 Å². The minimum atomic E-state index is 0.641. The van der Waals surface area contributed by atoms with Crippen LogP contribution >= 0.6 is 79.6 Å². The first-order valence-corrected chi connectivity index (χ1v) is 13.7. The van der Waals surface area contributed by atoms with Gasteiger partial charge in [0, 0.05) is 30.6 Å². The third kappa shape index (κ3) is 5.63. The summed E-state index contributed by atoms with van der Waals surface area (Å²) in [6, 6.07) is 11.6. The molecule has 0 bridgehead atoms. The van der Waals surface area contributed by atoms with Crippen molar-refractivity contribution in [2.75, 3.05) is 19.5 Å². The molecule has 2 N–H and O–H groups in total. The SMILES string of the molecule is Brc1c(Br)c(Br)c2n[nH]nc2c1Br.COc1cc2ncnc(Nc3cccc(Br)c3)c2cc1OC. The summed E-state index contributed by atoms with van der Waals surface area (Å²) >= 11 is 17.2. The van der Waals surface area contributed by atoms with Gasteiger partial charge in [-0.05, 0) is 88.0 Å². The number of rotatable bonds is 4. The molecule has 0 aliphatic heterocycles. The summed E-state index contributed by atoms with van der Waals surface area (Å²) in [7, 11) is 3.21. The number of aromatic amines is 1. The number of hydrogen-bond donors (Lipinski definition) is 2. The molecule has 0 atom stereocenters. The van der Waals surface area contributed by atoms with Crippen molar-refractivity contribution in [3.8, 4) is 11.5 Å². The zero-order valence-corrected chi connectivity index (χ0v) is 26.0. The second-order valence-electron chi connectivity index (χ2n) is 6.86. The van der Waals surface area contributed by atoms with Crippen molar-refractivity contribution in [3.63, 3.8) is 0 Å². The van der Waals surface area contributed by atoms with E-state index in [0.29, 0.717) is 17.3 Å². The summed E-state index contributed by atoms with van der Waals surface area (Å²) in [5.74, 6) is 1.99. The fourth-order valence-electron chi connectivity index (χ4n) is 3.12. The maximum Gasteiger partial charge on any atom is 0.162 e. The fraction of sp³-hybridized carbons (Fsp3) is 0.0909. The normalized spacial score (nSPS) is 10.7. The Morgan fingerprint density at radius 1 is 0.771 bits per heavy atom. The Morgan fingerprint density at radius 2 is 1.40 bits per heavy atom. The maximum atomic E-state index is 5.35. The molecule has 0 saturated carbocycles. The van der Waals surface area contributed by atoms with Crippen LogP contribution in [0.15, 0.2) is 65.1 Å². The lowest BCUT2D eigenvalue weighted by atomic mass is 10.2. The Bertz CT molecular complexity index is 1490. The van der Waals surface area contributed by atoms with E-state index in [0.717, 1.165) is 50.0 Å². The minimum absolute atomic E-state index is 0.641. The number of nitrogens with zero attached hydrogens (tertiary/aromatic N) is 4. The number of ether oxygens (including phenoxy) is 2. The van der Waals surface area contributed by atoms with Gasteiger partial charge in [0.05, 0.1) is 28.7 Å². The molecule has 5 rings (SSSR count). The minimum Gasteiger partial charge on any atom is -0.493 e. The Balaban J connectivity index is 0.000000189. The molecule has 3 aromatic carbocycles. The molecule has 35 heavy (non-hydrogen) atoms. The van der Waals surface area contributed by atoms with Crippen LogP contribution in [0.1, 0.15) is 0 Å². The highest BCUT2D eigenvalue weighted by Gasteiger charge is 2.16. The second kappa shape index (κ2) is 11.5. The Morgan fingerprint density at radius 3 is 2.00 bits per heavy atom. The van der Waals surface area contributed by atoms with Gasteiger partial charge in [0.25, 0.3) is 0 Å². The number of fused-ring (bicyclic) bond motifs is 2. The summed E-state index contributed by atoms with van der Waals surface area (Å²) in [5.41, 5.74) is 3.30. The van der Waals surface area contributed by atoms with Crippen molar-refractivity contribution in [3.05, 3.63) is 65.1 Å². The van der Waals surface area contributed by atoms with Gasteiger partial charge in [-0.15, -0.1) is 0 Å². The van der Waals surface area contributed by atoms with Crippen LogP contribution in [0.3, 0.4) is 0 Å². The molecule has 0 unspecified atom stereocenters. The van der Waals surface area contributed by atoms with Crippen molar-refractivity contribution in [2.45, 2.75) is 0 Å². The molecule has 180 valence electrons. The van der Waals surface area contributed by atoms with Gasteiger partial charge in [0.2, 0.25) is 0 Å². The number of halogens is 5. The molecule has 0 saturated heterocycles. The lowest BCUT2D eigenvalue weighted by Crippen LogP contribution is -1.97. The summed E-state index contributed by atoms with van der Waals surface area (Å²) in [4.78, 5) is 8.62. The molecule has 13 heteroatoms. The van der Waals surface area contributed by atoms with Gasteiger partial charge in [-0.25, -0.2) is 9.97 Å². The second-order valence-corrected chi connectivity index (χ2v) is 10.9. The third-order valence-corrected chi connectivity index (χ3v) is 9.99. The third-order valence-electron chi connectivity index (χ3n) is 4.77. The summed E-state index contributed by atoms with van der Waals surface area (Å²) < 4.78 is 15.3. The van der Waals surface area contributed by atoms with Crippen LogP contribution in [0.2, 0.25) is 0 Å². The number of H-pyrrole nitrogens is 1. The maximum absolute atomic E-state index is 5.35. The molecule has 2 heterocycles. The van der Waals surface area contributed by atoms with Gasteiger partial charge < -0.3 is 14.8 Å². The topological polar surface area (TPSA) is 97.8 Å². The number of benzene rings is 3. The zero-order chi connectivity index (χ0) is 25.1. The number of nitrogens with one attached hydrogen (secondary N) is 2. The quantitative estimate of drug-likeness (QED) is 0.140. The number of aromatic nitrogens is 5. The van der Waals surface area contributed by atoms with E-state index in [4.69, 9.17) is 9.47 Å². The molecule has 8 nitrogen and oxygen atoms in total. The molecule has 0 aliphatic rings. The van der Waals surface area contributed by atoms with E-state index in [1.165, 1.54) is 6.33 Å². The molecule has 0 radical (unpaired) electrons. The average molecular weight is 795 g/mol. The first kappa shape index (κ1) is 26.3. The highest BCUT2D eigenvalue weighted by Crippen LogP contribution is 2.41. The molecule has 0 fully saturated rings. The van der Waals surface area contributed by atoms with Crippen LogP contribution < -0.4 is 14.8 Å². The van der Waals surface area contributed by atoms with E-state index >= 15 is 0 Å². The van der Waals surface area contributed by atoms with Crippen LogP contribution in [0.4, 0.5) is 11.5 Å². The first-order valence-electron chi connectivity index (χ1n) is 9.75. The van der Waals surface area contributed by atoms with E-state index in [9.17, 15) is 0 Å². The predicted octanol–water partition coefficient (Wildman–Crippen LogP) is 8.16. The standard InChI is InChI=1S/C16H14BrN3O2.C6HBr4N3/c1-21-14-7-12-13(8-15(14)22-2)18-9-19-16(12)20-11-5-3-4-10(17)6-11;7-1-2(8)4(10)6-5(3(1)9)11-13-12-6/h3-9H,1-2H3,(H,18,19,20);(H,11,12,13). The summed E-state index contributed by atoms with van der Waals surface area (Å²) in [5, 5.41) is 14.8. The van der Waals surface area contributed by atoms with E-state index in [-0.39, 0.29) is 0 Å². The average Bonchev–Trinajstić information content (AvgIpc) is 3.36. The van der Waals surface area contributed by atoms with Gasteiger partial charge >= 0.3 is 0 Å². The molecule has 5 aromatic rings. The van der Waals surface area contributed by atoms with Crippen LogP contribution in [-0.4, -0.2) is 39.6 Å². The highest BCUT2D eigenvalue weighted by atomic mass is 79.9. The molecule has 0 aliphatic carbocycles.